The minimum Gasteiger partial charge on any atom is -0.419 e. The van der Waals surface area contributed by atoms with Crippen molar-refractivity contribution in [1.82, 2.24) is 15.1 Å². The number of fused-ring (bicyclic) bond motifs is 1. The quantitative estimate of drug-likeness (QED) is 0.402. The van der Waals surface area contributed by atoms with E-state index in [1.807, 2.05) is 18.2 Å². The fourth-order valence-corrected chi connectivity index (χ4v) is 2.69. The van der Waals surface area contributed by atoms with Crippen molar-refractivity contribution in [3.05, 3.63) is 75.7 Å². The molecule has 0 aliphatic carbocycles. The molecule has 0 atom stereocenters. The molecule has 9 heteroatoms. The SMILES string of the molecule is O=C1c2ccc([N+](=O)[O-])cc2C(=O)N1Cc1nnc(-c2ccccc2)o1. The highest BCUT2D eigenvalue weighted by atomic mass is 16.6. The molecule has 0 radical (unpaired) electrons. The van der Waals surface area contributed by atoms with E-state index in [9.17, 15) is 19.7 Å². The molecule has 0 saturated carbocycles. The second-order valence-corrected chi connectivity index (χ2v) is 5.55. The number of nitro groups is 1. The Labute approximate surface area is 146 Å². The molecule has 2 amide bonds. The summed E-state index contributed by atoms with van der Waals surface area (Å²) in [4.78, 5) is 36.0. The number of hydrogen-bond acceptors (Lipinski definition) is 7. The van der Waals surface area contributed by atoms with Gasteiger partial charge in [-0.25, -0.2) is 0 Å². The molecule has 0 spiro atoms. The maximum Gasteiger partial charge on any atom is 0.270 e. The summed E-state index contributed by atoms with van der Waals surface area (Å²) in [6.07, 6.45) is 0. The average molecular weight is 350 g/mol. The van der Waals surface area contributed by atoms with Crippen LogP contribution in [-0.2, 0) is 6.54 Å². The summed E-state index contributed by atoms with van der Waals surface area (Å²) in [7, 11) is 0. The Balaban J connectivity index is 1.60. The van der Waals surface area contributed by atoms with Gasteiger partial charge in [0.15, 0.2) is 0 Å². The summed E-state index contributed by atoms with van der Waals surface area (Å²) < 4.78 is 5.51. The summed E-state index contributed by atoms with van der Waals surface area (Å²) in [5.74, 6) is -0.826. The first kappa shape index (κ1) is 15.6. The van der Waals surface area contributed by atoms with Crippen LogP contribution in [0.4, 0.5) is 5.69 Å². The van der Waals surface area contributed by atoms with Crippen LogP contribution in [0.5, 0.6) is 0 Å². The summed E-state index contributed by atoms with van der Waals surface area (Å²) in [6, 6.07) is 12.6. The third-order valence-electron chi connectivity index (χ3n) is 3.95. The van der Waals surface area contributed by atoms with Gasteiger partial charge < -0.3 is 4.42 Å². The van der Waals surface area contributed by atoms with E-state index in [-0.39, 0.29) is 35.1 Å². The molecule has 2 heterocycles. The minimum atomic E-state index is -0.631. The van der Waals surface area contributed by atoms with E-state index in [4.69, 9.17) is 4.42 Å². The normalized spacial score (nSPS) is 13.2. The molecular formula is C17H10N4O5. The van der Waals surface area contributed by atoms with Crippen molar-refractivity contribution in [2.45, 2.75) is 6.54 Å². The van der Waals surface area contributed by atoms with Gasteiger partial charge in [0, 0.05) is 17.7 Å². The highest BCUT2D eigenvalue weighted by molar-refractivity contribution is 6.21. The smallest absolute Gasteiger partial charge is 0.270 e. The standard InChI is InChI=1S/C17H10N4O5/c22-16-12-7-6-11(21(24)25)8-13(12)17(23)20(16)9-14-18-19-15(26-14)10-4-2-1-3-5-10/h1-8H,9H2. The number of amides is 2. The third-order valence-corrected chi connectivity index (χ3v) is 3.95. The number of nitro benzene ring substituents is 1. The lowest BCUT2D eigenvalue weighted by molar-refractivity contribution is -0.384. The van der Waals surface area contributed by atoms with E-state index in [2.05, 4.69) is 10.2 Å². The average Bonchev–Trinajstić information content (AvgIpc) is 3.22. The van der Waals surface area contributed by atoms with Crippen molar-refractivity contribution in [1.29, 1.82) is 0 Å². The van der Waals surface area contributed by atoms with Gasteiger partial charge in [0.05, 0.1) is 16.1 Å². The first-order chi connectivity index (χ1) is 12.5. The van der Waals surface area contributed by atoms with E-state index in [0.29, 0.717) is 5.56 Å². The second-order valence-electron chi connectivity index (χ2n) is 5.55. The number of nitrogens with zero attached hydrogens (tertiary/aromatic N) is 4. The Hall–Kier alpha value is -3.88. The molecule has 1 aromatic heterocycles. The second kappa shape index (κ2) is 5.88. The molecule has 1 aliphatic heterocycles. The van der Waals surface area contributed by atoms with Crippen LogP contribution in [0.25, 0.3) is 11.5 Å². The highest BCUT2D eigenvalue weighted by Gasteiger charge is 2.37. The topological polar surface area (TPSA) is 119 Å². The molecule has 2 aromatic carbocycles. The van der Waals surface area contributed by atoms with Crippen LogP contribution >= 0.6 is 0 Å². The van der Waals surface area contributed by atoms with Gasteiger partial charge in [0.25, 0.3) is 17.5 Å². The maximum atomic E-state index is 12.5. The van der Waals surface area contributed by atoms with Crippen LogP contribution in [0.1, 0.15) is 26.6 Å². The Bertz CT molecular complexity index is 1040. The van der Waals surface area contributed by atoms with Crippen LogP contribution in [0.3, 0.4) is 0 Å². The summed E-state index contributed by atoms with van der Waals surface area (Å²) in [5.41, 5.74) is 0.565. The van der Waals surface area contributed by atoms with Crippen LogP contribution in [0.15, 0.2) is 52.9 Å². The summed E-state index contributed by atoms with van der Waals surface area (Å²) >= 11 is 0. The molecule has 9 nitrogen and oxygen atoms in total. The van der Waals surface area contributed by atoms with E-state index >= 15 is 0 Å². The van der Waals surface area contributed by atoms with Gasteiger partial charge >= 0.3 is 0 Å². The van der Waals surface area contributed by atoms with Crippen LogP contribution in [0.2, 0.25) is 0 Å². The number of non-ortho nitro benzene ring substituents is 1. The Kier molecular flexibility index (Phi) is 3.54. The fourth-order valence-electron chi connectivity index (χ4n) is 2.69. The molecule has 0 saturated heterocycles. The zero-order chi connectivity index (χ0) is 18.3. The van der Waals surface area contributed by atoms with E-state index in [1.54, 1.807) is 12.1 Å². The zero-order valence-corrected chi connectivity index (χ0v) is 13.2. The number of hydrogen-bond donors (Lipinski definition) is 0. The number of aromatic nitrogens is 2. The van der Waals surface area contributed by atoms with Crippen molar-refractivity contribution in [3.8, 4) is 11.5 Å². The predicted octanol–water partition coefficient (Wildman–Crippen LogP) is 2.44. The first-order valence-electron chi connectivity index (χ1n) is 7.57. The lowest BCUT2D eigenvalue weighted by Crippen LogP contribution is -2.29. The summed E-state index contributed by atoms with van der Waals surface area (Å²) in [6.45, 7) is -0.208. The Morgan fingerprint density at radius 2 is 1.73 bits per heavy atom. The molecule has 0 fully saturated rings. The zero-order valence-electron chi connectivity index (χ0n) is 13.2. The maximum absolute atomic E-state index is 12.5. The van der Waals surface area contributed by atoms with Crippen LogP contribution in [0, 0.1) is 10.1 Å². The number of imide groups is 1. The molecule has 0 N–H and O–H groups in total. The van der Waals surface area contributed by atoms with Gasteiger partial charge in [-0.2, -0.15) is 0 Å². The van der Waals surface area contributed by atoms with Crippen molar-refractivity contribution < 1.29 is 18.9 Å². The lowest BCUT2D eigenvalue weighted by atomic mass is 10.1. The lowest BCUT2D eigenvalue weighted by Gasteiger charge is -2.10. The van der Waals surface area contributed by atoms with Gasteiger partial charge in [0.2, 0.25) is 11.8 Å². The third kappa shape index (κ3) is 2.51. The van der Waals surface area contributed by atoms with Crippen LogP contribution < -0.4 is 0 Å². The van der Waals surface area contributed by atoms with Crippen molar-refractivity contribution >= 4 is 17.5 Å². The molecule has 1 aliphatic rings. The number of carbonyl (C=O) groups is 2. The highest BCUT2D eigenvalue weighted by Crippen LogP contribution is 2.28. The van der Waals surface area contributed by atoms with E-state index < -0.39 is 16.7 Å². The fraction of sp³-hybridized carbons (Fsp3) is 0.0588. The number of carbonyl (C=O) groups excluding carboxylic acids is 2. The van der Waals surface area contributed by atoms with Crippen molar-refractivity contribution in [3.63, 3.8) is 0 Å². The van der Waals surface area contributed by atoms with Gasteiger partial charge in [-0.05, 0) is 18.2 Å². The van der Waals surface area contributed by atoms with Gasteiger partial charge in [-0.1, -0.05) is 18.2 Å². The molecule has 0 unspecified atom stereocenters. The van der Waals surface area contributed by atoms with Gasteiger partial charge in [0.1, 0.15) is 6.54 Å². The summed E-state index contributed by atoms with van der Waals surface area (Å²) in [5, 5.41) is 18.6. The molecule has 3 aromatic rings. The number of benzene rings is 2. The van der Waals surface area contributed by atoms with Crippen LogP contribution in [-0.4, -0.2) is 31.8 Å². The Morgan fingerprint density at radius 3 is 2.46 bits per heavy atom. The predicted molar refractivity (Wildman–Crippen MR) is 87.0 cm³/mol. The molecular weight excluding hydrogens is 340 g/mol. The Morgan fingerprint density at radius 1 is 1.00 bits per heavy atom. The molecule has 0 bridgehead atoms. The molecule has 4 rings (SSSR count). The van der Waals surface area contributed by atoms with Gasteiger partial charge in [-0.3, -0.25) is 24.6 Å². The monoisotopic (exact) mass is 350 g/mol. The first-order valence-corrected chi connectivity index (χ1v) is 7.57. The van der Waals surface area contributed by atoms with Crippen molar-refractivity contribution in [2.24, 2.45) is 0 Å². The van der Waals surface area contributed by atoms with E-state index in [0.717, 1.165) is 11.0 Å². The number of rotatable bonds is 4. The van der Waals surface area contributed by atoms with Gasteiger partial charge in [-0.15, -0.1) is 10.2 Å². The molecule has 128 valence electrons. The minimum absolute atomic E-state index is 0.00741. The largest absolute Gasteiger partial charge is 0.419 e. The van der Waals surface area contributed by atoms with E-state index in [1.165, 1.54) is 12.1 Å². The molecule has 26 heavy (non-hydrogen) atoms. The van der Waals surface area contributed by atoms with Crippen molar-refractivity contribution in [2.75, 3.05) is 0 Å².